The van der Waals surface area contributed by atoms with Gasteiger partial charge in [-0.25, -0.2) is 0 Å². The van der Waals surface area contributed by atoms with Gasteiger partial charge in [0.25, 0.3) is 0 Å². The fourth-order valence-electron chi connectivity index (χ4n) is 6.56. The van der Waals surface area contributed by atoms with Gasteiger partial charge in [-0.3, -0.25) is 14.4 Å². The van der Waals surface area contributed by atoms with E-state index in [4.69, 9.17) is 9.84 Å². The van der Waals surface area contributed by atoms with Crippen molar-refractivity contribution < 1.29 is 24.2 Å². The van der Waals surface area contributed by atoms with Crippen LogP contribution in [-0.2, 0) is 19.1 Å². The van der Waals surface area contributed by atoms with Gasteiger partial charge in [-0.05, 0) is 39.0 Å². The van der Waals surface area contributed by atoms with Gasteiger partial charge >= 0.3 is 0 Å². The lowest BCUT2D eigenvalue weighted by molar-refractivity contribution is -0.153. The number of carbonyl (C=O) groups is 3. The van der Waals surface area contributed by atoms with Crippen LogP contribution in [0.2, 0.25) is 0 Å². The molecule has 202 valence electrons. The van der Waals surface area contributed by atoms with Crippen LogP contribution in [0.15, 0.2) is 25.3 Å². The average Bonchev–Trinajstić information content (AvgIpc) is 3.41. The first-order chi connectivity index (χ1) is 17.2. The number of nitrogens with zero attached hydrogens (tertiary/aromatic N) is 3. The molecule has 0 aliphatic carbocycles. The molecule has 3 saturated heterocycles. The van der Waals surface area contributed by atoms with Gasteiger partial charge in [-0.1, -0.05) is 38.3 Å². The molecule has 3 heterocycles. The van der Waals surface area contributed by atoms with Gasteiger partial charge in [-0.2, -0.15) is 0 Å². The van der Waals surface area contributed by atoms with Gasteiger partial charge in [0.05, 0.1) is 17.4 Å². The maximum atomic E-state index is 14.1. The Hall–Kier alpha value is -2.19. The van der Waals surface area contributed by atoms with E-state index in [-0.39, 0.29) is 24.3 Å². The zero-order valence-corrected chi connectivity index (χ0v) is 22.4. The largest absolute Gasteiger partial charge is 0.396 e. The number of ether oxygens (including phenoxy) is 1. The molecule has 1 spiro atoms. The first-order valence-corrected chi connectivity index (χ1v) is 13.6. The van der Waals surface area contributed by atoms with Crippen molar-refractivity contribution >= 4 is 17.7 Å². The number of aliphatic hydroxyl groups excluding tert-OH is 1. The number of fused-ring (bicyclic) bond motifs is 1. The molecule has 3 rings (SSSR count). The Morgan fingerprint density at radius 3 is 2.44 bits per heavy atom. The SMILES string of the molecule is C=CCN(C)C(=O)[C@H]1[C@H]2C(=O)N(CCCCCCO)C(C(=O)N(CC=C)CCCC)C23CC[C@]1(C)O3. The van der Waals surface area contributed by atoms with E-state index in [0.29, 0.717) is 39.0 Å². The van der Waals surface area contributed by atoms with E-state index in [2.05, 4.69) is 20.1 Å². The summed E-state index contributed by atoms with van der Waals surface area (Å²) in [4.78, 5) is 46.9. The Labute approximate surface area is 216 Å². The molecule has 3 amide bonds. The van der Waals surface area contributed by atoms with Gasteiger partial charge in [0.1, 0.15) is 11.6 Å². The molecular formula is C28H45N3O5. The predicted octanol–water partition coefficient (Wildman–Crippen LogP) is 2.76. The third kappa shape index (κ3) is 4.99. The van der Waals surface area contributed by atoms with E-state index in [1.807, 2.05) is 6.92 Å². The van der Waals surface area contributed by atoms with E-state index >= 15 is 0 Å². The monoisotopic (exact) mass is 503 g/mol. The summed E-state index contributed by atoms with van der Waals surface area (Å²) in [6, 6.07) is -0.742. The summed E-state index contributed by atoms with van der Waals surface area (Å²) >= 11 is 0. The Morgan fingerprint density at radius 2 is 1.81 bits per heavy atom. The number of hydrogen-bond acceptors (Lipinski definition) is 5. The van der Waals surface area contributed by atoms with Gasteiger partial charge in [0.15, 0.2) is 0 Å². The summed E-state index contributed by atoms with van der Waals surface area (Å²) in [5.74, 6) is -1.66. The summed E-state index contributed by atoms with van der Waals surface area (Å²) in [7, 11) is 1.73. The first kappa shape index (κ1) is 28.4. The number of rotatable bonds is 15. The van der Waals surface area contributed by atoms with E-state index in [9.17, 15) is 14.4 Å². The number of unbranched alkanes of at least 4 members (excludes halogenated alkanes) is 4. The van der Waals surface area contributed by atoms with Crippen molar-refractivity contribution in [3.05, 3.63) is 25.3 Å². The molecule has 8 heteroatoms. The Balaban J connectivity index is 1.98. The molecule has 1 N–H and O–H groups in total. The standard InChI is InChI=1S/C28H45N3O5/c1-6-9-18-30(17-8-3)26(35)23-28-15-14-27(4,36-28)21(24(33)29(5)16-7-2)22(28)25(34)31(23)19-12-10-11-13-20-32/h7-8,21-23,32H,2-3,6,9-20H2,1,4-5H3/t21-,22+,23?,27+,28?/m1/s1. The summed E-state index contributed by atoms with van der Waals surface area (Å²) in [6.07, 6.45) is 9.63. The molecule has 0 radical (unpaired) electrons. The van der Waals surface area contributed by atoms with Crippen molar-refractivity contribution in [2.24, 2.45) is 11.8 Å². The molecule has 36 heavy (non-hydrogen) atoms. The van der Waals surface area contributed by atoms with Gasteiger partial charge in [-0.15, -0.1) is 13.2 Å². The van der Waals surface area contributed by atoms with Crippen LogP contribution < -0.4 is 0 Å². The average molecular weight is 504 g/mol. The zero-order chi connectivity index (χ0) is 26.5. The minimum absolute atomic E-state index is 0.105. The highest BCUT2D eigenvalue weighted by atomic mass is 16.5. The van der Waals surface area contributed by atoms with E-state index < -0.39 is 29.1 Å². The quantitative estimate of drug-likeness (QED) is 0.274. The number of carbonyl (C=O) groups excluding carboxylic acids is 3. The van der Waals surface area contributed by atoms with Crippen LogP contribution >= 0.6 is 0 Å². The molecule has 8 nitrogen and oxygen atoms in total. The first-order valence-electron chi connectivity index (χ1n) is 13.6. The molecule has 0 aromatic rings. The summed E-state index contributed by atoms with van der Waals surface area (Å²) in [6.45, 7) is 13.6. The smallest absolute Gasteiger partial charge is 0.248 e. The van der Waals surface area contributed by atoms with Crippen LogP contribution in [0.4, 0.5) is 0 Å². The lowest BCUT2D eigenvalue weighted by atomic mass is 9.66. The van der Waals surface area contributed by atoms with Crippen molar-refractivity contribution in [3.63, 3.8) is 0 Å². The maximum absolute atomic E-state index is 14.1. The van der Waals surface area contributed by atoms with Gasteiger partial charge < -0.3 is 24.5 Å². The van der Waals surface area contributed by atoms with Crippen LogP contribution in [0.1, 0.15) is 65.2 Å². The second-order valence-electron chi connectivity index (χ2n) is 10.8. The van der Waals surface area contributed by atoms with E-state index in [0.717, 1.165) is 38.5 Å². The van der Waals surface area contributed by atoms with Gasteiger partial charge in [0, 0.05) is 39.8 Å². The van der Waals surface area contributed by atoms with E-state index in [1.54, 1.807) is 33.9 Å². The molecular weight excluding hydrogens is 458 g/mol. The minimum Gasteiger partial charge on any atom is -0.396 e. The molecule has 2 unspecified atom stereocenters. The van der Waals surface area contributed by atoms with Crippen molar-refractivity contribution in [1.29, 1.82) is 0 Å². The van der Waals surface area contributed by atoms with Gasteiger partial charge in [0.2, 0.25) is 17.7 Å². The van der Waals surface area contributed by atoms with Crippen molar-refractivity contribution in [1.82, 2.24) is 14.7 Å². The molecule has 3 aliphatic heterocycles. The van der Waals surface area contributed by atoms with Crippen LogP contribution in [0.3, 0.4) is 0 Å². The molecule has 0 aromatic heterocycles. The molecule has 3 fully saturated rings. The summed E-state index contributed by atoms with van der Waals surface area (Å²) in [5, 5.41) is 9.10. The van der Waals surface area contributed by atoms with Crippen molar-refractivity contribution in [2.75, 3.05) is 39.8 Å². The lowest BCUT2D eigenvalue weighted by Crippen LogP contribution is -2.56. The summed E-state index contributed by atoms with van der Waals surface area (Å²) in [5.41, 5.74) is -1.76. The number of hydrogen-bond donors (Lipinski definition) is 1. The number of amides is 3. The lowest BCUT2D eigenvalue weighted by Gasteiger charge is -2.37. The molecule has 0 saturated carbocycles. The Morgan fingerprint density at radius 1 is 1.11 bits per heavy atom. The normalized spacial score (nSPS) is 30.4. The topological polar surface area (TPSA) is 90.4 Å². The minimum atomic E-state index is -0.991. The Kier molecular flexibility index (Phi) is 9.39. The predicted molar refractivity (Wildman–Crippen MR) is 139 cm³/mol. The molecule has 5 atom stereocenters. The van der Waals surface area contributed by atoms with Crippen LogP contribution in [0, 0.1) is 11.8 Å². The van der Waals surface area contributed by atoms with Crippen molar-refractivity contribution in [2.45, 2.75) is 82.5 Å². The number of aliphatic hydroxyl groups is 1. The highest BCUT2D eigenvalue weighted by molar-refractivity contribution is 5.99. The molecule has 0 aromatic carbocycles. The van der Waals surface area contributed by atoms with Crippen LogP contribution in [0.25, 0.3) is 0 Å². The number of likely N-dealkylation sites (N-methyl/N-ethyl adjacent to an activating group) is 1. The number of likely N-dealkylation sites (tertiary alicyclic amines) is 1. The van der Waals surface area contributed by atoms with Crippen LogP contribution in [0.5, 0.6) is 0 Å². The maximum Gasteiger partial charge on any atom is 0.248 e. The van der Waals surface area contributed by atoms with Crippen LogP contribution in [-0.4, -0.2) is 94.6 Å². The molecule has 2 bridgehead atoms. The van der Waals surface area contributed by atoms with E-state index in [1.165, 1.54) is 0 Å². The highest BCUT2D eigenvalue weighted by Gasteiger charge is 2.78. The third-order valence-corrected chi connectivity index (χ3v) is 8.31. The fourth-order valence-corrected chi connectivity index (χ4v) is 6.56. The second-order valence-corrected chi connectivity index (χ2v) is 10.8. The second kappa shape index (κ2) is 11.9. The van der Waals surface area contributed by atoms with Crippen molar-refractivity contribution in [3.8, 4) is 0 Å². The zero-order valence-electron chi connectivity index (χ0n) is 22.4. The molecule has 3 aliphatic rings. The third-order valence-electron chi connectivity index (χ3n) is 8.31. The highest BCUT2D eigenvalue weighted by Crippen LogP contribution is 2.63. The Bertz CT molecular complexity index is 847. The fraction of sp³-hybridized carbons (Fsp3) is 0.750. The summed E-state index contributed by atoms with van der Waals surface area (Å²) < 4.78 is 6.70.